The van der Waals surface area contributed by atoms with Gasteiger partial charge in [0.15, 0.2) is 5.82 Å². The van der Waals surface area contributed by atoms with Crippen LogP contribution in [0.2, 0.25) is 0 Å². The normalized spacial score (nSPS) is 13.0. The van der Waals surface area contributed by atoms with Gasteiger partial charge >= 0.3 is 0 Å². The summed E-state index contributed by atoms with van der Waals surface area (Å²) in [7, 11) is 0. The Kier molecular flexibility index (Phi) is 7.52. The third-order valence-electron chi connectivity index (χ3n) is 13.2. The van der Waals surface area contributed by atoms with Crippen LogP contribution in [0.4, 0.5) is 0 Å². The van der Waals surface area contributed by atoms with E-state index in [1.807, 2.05) is 24.3 Å². The molecule has 0 fully saturated rings. The van der Waals surface area contributed by atoms with Crippen LogP contribution in [0.25, 0.3) is 100 Å². The van der Waals surface area contributed by atoms with Gasteiger partial charge in [-0.3, -0.25) is 0 Å². The zero-order valence-corrected chi connectivity index (χ0v) is 33.6. The lowest BCUT2D eigenvalue weighted by molar-refractivity contribution is 0.669. The Morgan fingerprint density at radius 3 is 1.50 bits per heavy atom. The molecule has 11 aromatic rings. The highest BCUT2D eigenvalue weighted by Crippen LogP contribution is 2.61. The van der Waals surface area contributed by atoms with Gasteiger partial charge in [0.25, 0.3) is 0 Å². The van der Waals surface area contributed by atoms with E-state index in [1.165, 1.54) is 55.6 Å². The molecule has 0 aliphatic heterocycles. The Bertz CT molecular complexity index is 3530. The first-order valence-corrected chi connectivity index (χ1v) is 21.2. The van der Waals surface area contributed by atoms with E-state index in [2.05, 4.69) is 194 Å². The minimum Gasteiger partial charge on any atom is -0.456 e. The van der Waals surface area contributed by atoms with Crippen molar-refractivity contribution in [1.29, 1.82) is 0 Å². The monoisotopic (exact) mass is 788 g/mol. The molecule has 1 spiro atoms. The molecule has 3 heteroatoms. The van der Waals surface area contributed by atoms with E-state index in [9.17, 15) is 0 Å². The van der Waals surface area contributed by atoms with Crippen LogP contribution < -0.4 is 0 Å². The summed E-state index contributed by atoms with van der Waals surface area (Å²) < 4.78 is 6.38. The molecule has 0 saturated heterocycles. The summed E-state index contributed by atoms with van der Waals surface area (Å²) in [6.45, 7) is 0. The zero-order chi connectivity index (χ0) is 40.8. The molecule has 0 amide bonds. The molecule has 2 aliphatic carbocycles. The molecule has 0 atom stereocenters. The molecule has 0 saturated carbocycles. The van der Waals surface area contributed by atoms with Crippen molar-refractivity contribution < 1.29 is 4.42 Å². The smallest absolute Gasteiger partial charge is 0.161 e. The number of benzene rings is 9. The molecule has 62 heavy (non-hydrogen) atoms. The van der Waals surface area contributed by atoms with Crippen LogP contribution in [0, 0.1) is 0 Å². The quantitative estimate of drug-likeness (QED) is 0.178. The lowest BCUT2D eigenvalue weighted by Gasteiger charge is -2.35. The number of furan rings is 1. The van der Waals surface area contributed by atoms with Gasteiger partial charge in [0, 0.05) is 27.5 Å². The zero-order valence-electron chi connectivity index (χ0n) is 33.6. The number of fused-ring (bicyclic) bond motifs is 15. The first kappa shape index (κ1) is 34.7. The van der Waals surface area contributed by atoms with Gasteiger partial charge in [-0.25, -0.2) is 9.97 Å². The summed E-state index contributed by atoms with van der Waals surface area (Å²) in [4.78, 5) is 10.9. The van der Waals surface area contributed by atoms with E-state index in [1.54, 1.807) is 0 Å². The van der Waals surface area contributed by atoms with Crippen LogP contribution in [0.5, 0.6) is 0 Å². The number of rotatable bonds is 4. The molecule has 9 aromatic carbocycles. The van der Waals surface area contributed by atoms with Crippen molar-refractivity contribution in [1.82, 2.24) is 9.97 Å². The van der Waals surface area contributed by atoms with Gasteiger partial charge in [0.05, 0.1) is 16.8 Å². The van der Waals surface area contributed by atoms with Crippen LogP contribution in [0.15, 0.2) is 223 Å². The first-order valence-electron chi connectivity index (χ1n) is 21.2. The van der Waals surface area contributed by atoms with Gasteiger partial charge < -0.3 is 4.42 Å². The van der Waals surface area contributed by atoms with E-state index in [0.717, 1.165) is 61.1 Å². The standard InChI is InChI=1S/C59H36N2O/c1-2-17-37(18-3-1)39-19-4-7-25-45(39)54-36-53(60-58(61-54)47-27-16-32-56-57(47)46-26-11-15-31-55(46)62-56)38-33-34-52-48(35-38)44-24-10-14-30-51(44)59(52)49-28-12-8-22-42(49)40-20-5-6-21-41(40)43-23-9-13-29-50(43)59/h1-36H. The fourth-order valence-electron chi connectivity index (χ4n) is 10.6. The van der Waals surface area contributed by atoms with Gasteiger partial charge in [-0.05, 0) is 91.0 Å². The maximum atomic E-state index is 6.38. The second-order valence-corrected chi connectivity index (χ2v) is 16.3. The molecule has 288 valence electrons. The number of aromatic nitrogens is 2. The fourth-order valence-corrected chi connectivity index (χ4v) is 10.6. The van der Waals surface area contributed by atoms with Gasteiger partial charge in [0.1, 0.15) is 11.2 Å². The molecule has 0 N–H and O–H groups in total. The molecule has 3 nitrogen and oxygen atoms in total. The Labute approximate surface area is 359 Å². The van der Waals surface area contributed by atoms with Crippen LogP contribution in [-0.4, -0.2) is 9.97 Å². The predicted molar refractivity (Wildman–Crippen MR) is 253 cm³/mol. The van der Waals surface area contributed by atoms with E-state index in [4.69, 9.17) is 14.4 Å². The summed E-state index contributed by atoms with van der Waals surface area (Å²) >= 11 is 0. The topological polar surface area (TPSA) is 38.9 Å². The Hall–Kier alpha value is -8.14. The summed E-state index contributed by atoms with van der Waals surface area (Å²) in [5, 5.41) is 2.06. The summed E-state index contributed by atoms with van der Waals surface area (Å²) in [6, 6.07) is 78.7. The lowest BCUT2D eigenvalue weighted by Crippen LogP contribution is -2.29. The van der Waals surface area contributed by atoms with Gasteiger partial charge in [-0.2, -0.15) is 0 Å². The number of hydrogen-bond donors (Lipinski definition) is 0. The molecule has 2 aliphatic rings. The molecule has 0 unspecified atom stereocenters. The minimum absolute atomic E-state index is 0.550. The van der Waals surface area contributed by atoms with Crippen LogP contribution in [0.3, 0.4) is 0 Å². The predicted octanol–water partition coefficient (Wildman–Crippen LogP) is 15.1. The molecule has 2 heterocycles. The summed E-state index contributed by atoms with van der Waals surface area (Å²) in [6.07, 6.45) is 0. The van der Waals surface area contributed by atoms with E-state index >= 15 is 0 Å². The van der Waals surface area contributed by atoms with Gasteiger partial charge in [-0.15, -0.1) is 0 Å². The number of para-hydroxylation sites is 1. The van der Waals surface area contributed by atoms with Gasteiger partial charge in [-0.1, -0.05) is 194 Å². The summed E-state index contributed by atoms with van der Waals surface area (Å²) in [5.41, 5.74) is 20.7. The maximum absolute atomic E-state index is 6.38. The highest BCUT2D eigenvalue weighted by molar-refractivity contribution is 6.12. The molecular formula is C59H36N2O. The minimum atomic E-state index is -0.550. The first-order chi connectivity index (χ1) is 30.8. The van der Waals surface area contributed by atoms with Crippen molar-refractivity contribution >= 4 is 21.9 Å². The van der Waals surface area contributed by atoms with Crippen molar-refractivity contribution in [3.8, 4) is 78.4 Å². The highest BCUT2D eigenvalue weighted by Gasteiger charge is 2.49. The van der Waals surface area contributed by atoms with Crippen molar-refractivity contribution in [2.75, 3.05) is 0 Å². The van der Waals surface area contributed by atoms with E-state index in [0.29, 0.717) is 5.82 Å². The molecular weight excluding hydrogens is 753 g/mol. The van der Waals surface area contributed by atoms with Crippen molar-refractivity contribution in [3.05, 3.63) is 241 Å². The average molecular weight is 789 g/mol. The van der Waals surface area contributed by atoms with E-state index in [-0.39, 0.29) is 0 Å². The molecule has 2 aromatic heterocycles. The molecule has 0 radical (unpaired) electrons. The van der Waals surface area contributed by atoms with Crippen LogP contribution in [-0.2, 0) is 5.41 Å². The largest absolute Gasteiger partial charge is 0.456 e. The van der Waals surface area contributed by atoms with Crippen molar-refractivity contribution in [2.24, 2.45) is 0 Å². The fraction of sp³-hybridized carbons (Fsp3) is 0.0169. The molecule has 13 rings (SSSR count). The van der Waals surface area contributed by atoms with Gasteiger partial charge in [0.2, 0.25) is 0 Å². The van der Waals surface area contributed by atoms with Crippen molar-refractivity contribution in [2.45, 2.75) is 5.41 Å². The highest BCUT2D eigenvalue weighted by atomic mass is 16.3. The average Bonchev–Trinajstić information content (AvgIpc) is 3.84. The number of nitrogens with zero attached hydrogens (tertiary/aromatic N) is 2. The second-order valence-electron chi connectivity index (χ2n) is 16.3. The third-order valence-corrected chi connectivity index (χ3v) is 13.2. The Morgan fingerprint density at radius 1 is 0.306 bits per heavy atom. The SMILES string of the molecule is c1ccc(-c2ccccc2-c2cc(-c3ccc4c(c3)-c3ccccc3C43c4ccccc4-c4ccccc4-c4ccccc43)nc(-c3cccc4oc5ccccc5c34)n2)cc1. The lowest BCUT2D eigenvalue weighted by atomic mass is 9.66. The third kappa shape index (κ3) is 4.94. The van der Waals surface area contributed by atoms with Crippen LogP contribution in [0.1, 0.15) is 22.3 Å². The van der Waals surface area contributed by atoms with Crippen LogP contribution >= 0.6 is 0 Å². The summed E-state index contributed by atoms with van der Waals surface area (Å²) in [5.74, 6) is 0.652. The molecule has 0 bridgehead atoms. The maximum Gasteiger partial charge on any atom is 0.161 e. The Balaban J connectivity index is 1.08. The second kappa shape index (κ2) is 13.4. The Morgan fingerprint density at radius 2 is 0.806 bits per heavy atom. The number of hydrogen-bond acceptors (Lipinski definition) is 3. The van der Waals surface area contributed by atoms with E-state index < -0.39 is 5.41 Å². The van der Waals surface area contributed by atoms with Crippen molar-refractivity contribution in [3.63, 3.8) is 0 Å².